The molecule has 1 fully saturated rings. The number of rotatable bonds is 6. The molecule has 0 saturated heterocycles. The Morgan fingerprint density at radius 1 is 1.31 bits per heavy atom. The van der Waals surface area contributed by atoms with Crippen LogP contribution in [-0.4, -0.2) is 29.7 Å². The summed E-state index contributed by atoms with van der Waals surface area (Å²) in [5.41, 5.74) is 0. The van der Waals surface area contributed by atoms with Crippen LogP contribution in [0.4, 0.5) is 0 Å². The first-order chi connectivity index (χ1) is 7.54. The van der Waals surface area contributed by atoms with Crippen molar-refractivity contribution in [2.75, 3.05) is 0 Å². The molecule has 0 unspecified atom stereocenters. The standard InChI is InChI=1S/C11H18N2O3/c1-3-4-9(12-7(2)14)10(15)11(16)13-8-5-6-8/h8-9H,3-6H2,1-2H3,(H,12,14)(H,13,16)/t9-/m0/s1. The molecule has 1 atom stereocenters. The first kappa shape index (κ1) is 12.7. The number of carbonyl (C=O) groups excluding carboxylic acids is 3. The summed E-state index contributed by atoms with van der Waals surface area (Å²) in [7, 11) is 0. The van der Waals surface area contributed by atoms with Gasteiger partial charge >= 0.3 is 0 Å². The lowest BCUT2D eigenvalue weighted by Crippen LogP contribution is -2.47. The van der Waals surface area contributed by atoms with Gasteiger partial charge in [-0.25, -0.2) is 0 Å². The zero-order valence-corrected chi connectivity index (χ0v) is 9.71. The Labute approximate surface area is 95.0 Å². The van der Waals surface area contributed by atoms with Crippen molar-refractivity contribution in [3.63, 3.8) is 0 Å². The van der Waals surface area contributed by atoms with Crippen LogP contribution in [0.1, 0.15) is 39.5 Å². The second kappa shape index (κ2) is 5.63. The van der Waals surface area contributed by atoms with Crippen LogP contribution in [-0.2, 0) is 14.4 Å². The van der Waals surface area contributed by atoms with E-state index >= 15 is 0 Å². The lowest BCUT2D eigenvalue weighted by Gasteiger charge is -2.15. The summed E-state index contributed by atoms with van der Waals surface area (Å²) < 4.78 is 0. The number of hydrogen-bond acceptors (Lipinski definition) is 3. The van der Waals surface area contributed by atoms with Crippen molar-refractivity contribution in [3.8, 4) is 0 Å². The van der Waals surface area contributed by atoms with E-state index in [9.17, 15) is 14.4 Å². The molecule has 5 nitrogen and oxygen atoms in total. The van der Waals surface area contributed by atoms with Gasteiger partial charge in [0.15, 0.2) is 0 Å². The second-order valence-electron chi connectivity index (χ2n) is 4.15. The summed E-state index contributed by atoms with van der Waals surface area (Å²) in [5, 5.41) is 5.13. The number of hydrogen-bond donors (Lipinski definition) is 2. The molecule has 0 aromatic heterocycles. The van der Waals surface area contributed by atoms with Crippen molar-refractivity contribution in [1.82, 2.24) is 10.6 Å². The van der Waals surface area contributed by atoms with Gasteiger partial charge in [-0.2, -0.15) is 0 Å². The van der Waals surface area contributed by atoms with Crippen LogP contribution in [0.3, 0.4) is 0 Å². The maximum Gasteiger partial charge on any atom is 0.289 e. The Morgan fingerprint density at radius 3 is 2.38 bits per heavy atom. The smallest absolute Gasteiger partial charge is 0.289 e. The predicted molar refractivity (Wildman–Crippen MR) is 58.7 cm³/mol. The molecule has 2 N–H and O–H groups in total. The fourth-order valence-electron chi connectivity index (χ4n) is 1.45. The summed E-state index contributed by atoms with van der Waals surface area (Å²) in [6.45, 7) is 3.25. The van der Waals surface area contributed by atoms with E-state index in [0.717, 1.165) is 19.3 Å². The summed E-state index contributed by atoms with van der Waals surface area (Å²) in [6.07, 6.45) is 3.12. The van der Waals surface area contributed by atoms with Crippen LogP contribution in [0.15, 0.2) is 0 Å². The van der Waals surface area contributed by atoms with Crippen LogP contribution >= 0.6 is 0 Å². The van der Waals surface area contributed by atoms with Crippen molar-refractivity contribution in [1.29, 1.82) is 0 Å². The highest BCUT2D eigenvalue weighted by Gasteiger charge is 2.30. The van der Waals surface area contributed by atoms with Crippen molar-refractivity contribution in [2.45, 2.75) is 51.6 Å². The van der Waals surface area contributed by atoms with Crippen molar-refractivity contribution >= 4 is 17.6 Å². The number of Topliss-reactive ketones (excluding diaryl/α,β-unsaturated/α-hetero) is 1. The minimum absolute atomic E-state index is 0.163. The van der Waals surface area contributed by atoms with E-state index in [2.05, 4.69) is 10.6 Å². The maximum absolute atomic E-state index is 11.7. The van der Waals surface area contributed by atoms with Gasteiger partial charge in [0, 0.05) is 13.0 Å². The van der Waals surface area contributed by atoms with Crippen LogP contribution in [0.25, 0.3) is 0 Å². The van der Waals surface area contributed by atoms with Gasteiger partial charge in [0.05, 0.1) is 6.04 Å². The van der Waals surface area contributed by atoms with E-state index in [1.165, 1.54) is 6.92 Å². The topological polar surface area (TPSA) is 75.3 Å². The van der Waals surface area contributed by atoms with Crippen molar-refractivity contribution < 1.29 is 14.4 Å². The highest BCUT2D eigenvalue weighted by atomic mass is 16.2. The molecule has 0 aromatic carbocycles. The molecule has 0 aliphatic heterocycles. The normalized spacial score (nSPS) is 16.4. The number of amides is 2. The molecule has 0 bridgehead atoms. The minimum Gasteiger partial charge on any atom is -0.347 e. The van der Waals surface area contributed by atoms with Crippen LogP contribution in [0.2, 0.25) is 0 Å². The summed E-state index contributed by atoms with van der Waals surface area (Å²) in [4.78, 5) is 34.1. The SMILES string of the molecule is CCC[C@H](NC(C)=O)C(=O)C(=O)NC1CC1. The first-order valence-electron chi connectivity index (χ1n) is 5.66. The Hall–Kier alpha value is -1.39. The molecule has 2 amide bonds. The van der Waals surface area contributed by atoms with Gasteiger partial charge in [-0.3, -0.25) is 14.4 Å². The molecule has 1 saturated carbocycles. The van der Waals surface area contributed by atoms with Gasteiger partial charge in [-0.1, -0.05) is 13.3 Å². The van der Waals surface area contributed by atoms with E-state index in [1.807, 2.05) is 6.92 Å². The fraction of sp³-hybridized carbons (Fsp3) is 0.727. The Bertz CT molecular complexity index is 298. The lowest BCUT2D eigenvalue weighted by molar-refractivity contribution is -0.140. The molecule has 1 aliphatic rings. The summed E-state index contributed by atoms with van der Waals surface area (Å²) in [6, 6.07) is -0.516. The Kier molecular flexibility index (Phi) is 4.46. The summed E-state index contributed by atoms with van der Waals surface area (Å²) in [5.74, 6) is -1.40. The van der Waals surface area contributed by atoms with Gasteiger partial charge in [-0.15, -0.1) is 0 Å². The molecule has 0 radical (unpaired) electrons. The van der Waals surface area contributed by atoms with Gasteiger partial charge in [0.2, 0.25) is 11.7 Å². The second-order valence-corrected chi connectivity index (χ2v) is 4.15. The van der Waals surface area contributed by atoms with E-state index in [1.54, 1.807) is 0 Å². The average molecular weight is 226 g/mol. The van der Waals surface area contributed by atoms with Gasteiger partial charge in [0.1, 0.15) is 0 Å². The van der Waals surface area contributed by atoms with Crippen molar-refractivity contribution in [3.05, 3.63) is 0 Å². The molecule has 1 aliphatic carbocycles. The zero-order chi connectivity index (χ0) is 12.1. The highest BCUT2D eigenvalue weighted by Crippen LogP contribution is 2.18. The fourth-order valence-corrected chi connectivity index (χ4v) is 1.45. The van der Waals surface area contributed by atoms with Gasteiger partial charge < -0.3 is 10.6 Å². The number of ketones is 1. The minimum atomic E-state index is -0.679. The number of carbonyl (C=O) groups is 3. The van der Waals surface area contributed by atoms with E-state index in [-0.39, 0.29) is 11.9 Å². The molecule has 0 spiro atoms. The van der Waals surface area contributed by atoms with Gasteiger partial charge in [-0.05, 0) is 19.3 Å². The molecular formula is C11H18N2O3. The highest BCUT2D eigenvalue weighted by molar-refractivity contribution is 6.38. The molecule has 5 heteroatoms. The third-order valence-electron chi connectivity index (χ3n) is 2.41. The largest absolute Gasteiger partial charge is 0.347 e. The average Bonchev–Trinajstić information content (AvgIpc) is 2.99. The molecule has 0 heterocycles. The van der Waals surface area contributed by atoms with Gasteiger partial charge in [0.25, 0.3) is 5.91 Å². The van der Waals surface area contributed by atoms with E-state index in [4.69, 9.17) is 0 Å². The molecular weight excluding hydrogens is 208 g/mol. The first-order valence-corrected chi connectivity index (χ1v) is 5.66. The van der Waals surface area contributed by atoms with Crippen LogP contribution in [0, 0.1) is 0 Å². The Balaban J connectivity index is 2.49. The third kappa shape index (κ3) is 4.00. The Morgan fingerprint density at radius 2 is 1.94 bits per heavy atom. The monoisotopic (exact) mass is 226 g/mol. The lowest BCUT2D eigenvalue weighted by atomic mass is 10.1. The van der Waals surface area contributed by atoms with Crippen LogP contribution < -0.4 is 10.6 Å². The molecule has 0 aromatic rings. The molecule has 90 valence electrons. The van der Waals surface area contributed by atoms with E-state index in [0.29, 0.717) is 6.42 Å². The summed E-state index contributed by atoms with van der Waals surface area (Å²) >= 11 is 0. The third-order valence-corrected chi connectivity index (χ3v) is 2.41. The van der Waals surface area contributed by atoms with Crippen molar-refractivity contribution in [2.24, 2.45) is 0 Å². The zero-order valence-electron chi connectivity index (χ0n) is 9.71. The number of nitrogens with one attached hydrogen (secondary N) is 2. The van der Waals surface area contributed by atoms with Crippen LogP contribution in [0.5, 0.6) is 0 Å². The maximum atomic E-state index is 11.7. The van der Waals surface area contributed by atoms with E-state index < -0.39 is 17.7 Å². The predicted octanol–water partition coefficient (Wildman–Crippen LogP) is 0.139. The molecule has 16 heavy (non-hydrogen) atoms. The molecule has 1 rings (SSSR count). The quantitative estimate of drug-likeness (QED) is 0.632.